The van der Waals surface area contributed by atoms with Gasteiger partial charge in [-0.05, 0) is 34.0 Å². The second-order valence-corrected chi connectivity index (χ2v) is 4.67. The van der Waals surface area contributed by atoms with E-state index in [4.69, 9.17) is 10.5 Å². The van der Waals surface area contributed by atoms with E-state index in [9.17, 15) is 0 Å². The summed E-state index contributed by atoms with van der Waals surface area (Å²) in [5.74, 6) is 0.639. The van der Waals surface area contributed by atoms with Gasteiger partial charge in [0.05, 0.1) is 0 Å². The molecular formula is C12H21N3O. The summed E-state index contributed by atoms with van der Waals surface area (Å²) in [7, 11) is 4.07. The van der Waals surface area contributed by atoms with Crippen LogP contribution in [0.1, 0.15) is 19.4 Å². The van der Waals surface area contributed by atoms with Crippen molar-refractivity contribution >= 4 is 0 Å². The van der Waals surface area contributed by atoms with Gasteiger partial charge in [-0.2, -0.15) is 0 Å². The van der Waals surface area contributed by atoms with Gasteiger partial charge in [0.2, 0.25) is 5.88 Å². The summed E-state index contributed by atoms with van der Waals surface area (Å²) in [6.07, 6.45) is 1.72. The molecule has 1 heterocycles. The highest BCUT2D eigenvalue weighted by Gasteiger charge is 2.21. The number of nitrogens with zero attached hydrogens (tertiary/aromatic N) is 2. The fraction of sp³-hybridized carbons (Fsp3) is 0.583. The highest BCUT2D eigenvalue weighted by molar-refractivity contribution is 5.25. The average Bonchev–Trinajstić information content (AvgIpc) is 2.26. The van der Waals surface area contributed by atoms with Crippen LogP contribution in [0.4, 0.5) is 0 Å². The van der Waals surface area contributed by atoms with Crippen LogP contribution in [0.2, 0.25) is 0 Å². The third-order valence-electron chi connectivity index (χ3n) is 2.84. The van der Waals surface area contributed by atoms with E-state index in [1.807, 2.05) is 26.2 Å². The molecule has 0 unspecified atom stereocenters. The fourth-order valence-corrected chi connectivity index (χ4v) is 1.08. The van der Waals surface area contributed by atoms with E-state index < -0.39 is 0 Å². The molecule has 0 radical (unpaired) electrons. The van der Waals surface area contributed by atoms with Crippen molar-refractivity contribution in [2.24, 2.45) is 5.73 Å². The van der Waals surface area contributed by atoms with E-state index in [1.165, 1.54) is 0 Å². The van der Waals surface area contributed by atoms with Gasteiger partial charge in [0.1, 0.15) is 6.61 Å². The molecule has 0 spiro atoms. The van der Waals surface area contributed by atoms with Crippen LogP contribution in [0.5, 0.6) is 5.88 Å². The van der Waals surface area contributed by atoms with Crippen molar-refractivity contribution in [2.45, 2.75) is 25.9 Å². The summed E-state index contributed by atoms with van der Waals surface area (Å²) in [6.45, 7) is 5.28. The summed E-state index contributed by atoms with van der Waals surface area (Å²) >= 11 is 0. The molecular weight excluding hydrogens is 202 g/mol. The fourth-order valence-electron chi connectivity index (χ4n) is 1.08. The Kier molecular flexibility index (Phi) is 4.26. The molecule has 1 rings (SSSR count). The molecule has 0 aromatic carbocycles. The number of pyridine rings is 1. The quantitative estimate of drug-likeness (QED) is 0.816. The lowest BCUT2D eigenvalue weighted by atomic mass is 10.1. The highest BCUT2D eigenvalue weighted by Crippen LogP contribution is 2.17. The van der Waals surface area contributed by atoms with E-state index in [2.05, 4.69) is 23.7 Å². The van der Waals surface area contributed by atoms with Gasteiger partial charge in [0, 0.05) is 23.8 Å². The lowest BCUT2D eigenvalue weighted by Crippen LogP contribution is -2.43. The number of aromatic nitrogens is 1. The zero-order chi connectivity index (χ0) is 12.2. The molecule has 0 fully saturated rings. The van der Waals surface area contributed by atoms with Gasteiger partial charge in [0.25, 0.3) is 0 Å². The van der Waals surface area contributed by atoms with Crippen molar-refractivity contribution in [3.05, 3.63) is 23.9 Å². The molecule has 0 amide bonds. The van der Waals surface area contributed by atoms with E-state index in [-0.39, 0.29) is 5.54 Å². The first kappa shape index (κ1) is 12.9. The highest BCUT2D eigenvalue weighted by atomic mass is 16.5. The van der Waals surface area contributed by atoms with Crippen molar-refractivity contribution in [1.29, 1.82) is 0 Å². The molecule has 0 aliphatic rings. The van der Waals surface area contributed by atoms with Crippen LogP contribution in [0.25, 0.3) is 0 Å². The van der Waals surface area contributed by atoms with Crippen LogP contribution in [-0.4, -0.2) is 36.1 Å². The minimum absolute atomic E-state index is 0.0244. The summed E-state index contributed by atoms with van der Waals surface area (Å²) in [5.41, 5.74) is 6.54. The topological polar surface area (TPSA) is 51.4 Å². The van der Waals surface area contributed by atoms with Gasteiger partial charge < -0.3 is 15.4 Å². The molecule has 0 bridgehead atoms. The summed E-state index contributed by atoms with van der Waals surface area (Å²) in [4.78, 5) is 6.31. The lowest BCUT2D eigenvalue weighted by molar-refractivity contribution is 0.110. The minimum Gasteiger partial charge on any atom is -0.475 e. The number of hydrogen-bond donors (Lipinski definition) is 1. The lowest BCUT2D eigenvalue weighted by Gasteiger charge is -2.32. The molecule has 0 aliphatic carbocycles. The van der Waals surface area contributed by atoms with Crippen LogP contribution in [0.3, 0.4) is 0 Å². The smallest absolute Gasteiger partial charge is 0.217 e. The normalized spacial score (nSPS) is 11.9. The predicted octanol–water partition coefficient (Wildman–Crippen LogP) is 1.26. The maximum Gasteiger partial charge on any atom is 0.217 e. The Hall–Kier alpha value is -1.13. The molecule has 90 valence electrons. The standard InChI is InChI=1S/C12H21N3O/c1-12(2,15(3)4)9-16-11-10(8-13)6-5-7-14-11/h5-7H,8-9,13H2,1-4H3. The maximum atomic E-state index is 5.72. The SMILES string of the molecule is CN(C)C(C)(C)COc1ncccc1CN. The first-order valence-electron chi connectivity index (χ1n) is 5.41. The first-order chi connectivity index (χ1) is 7.47. The molecule has 0 saturated carbocycles. The molecule has 4 heteroatoms. The summed E-state index contributed by atoms with van der Waals surface area (Å²) in [5, 5.41) is 0. The van der Waals surface area contributed by atoms with Gasteiger partial charge in [-0.15, -0.1) is 0 Å². The summed E-state index contributed by atoms with van der Waals surface area (Å²) in [6, 6.07) is 3.80. The minimum atomic E-state index is -0.0244. The number of likely N-dealkylation sites (N-methyl/N-ethyl adjacent to an activating group) is 1. The molecule has 4 nitrogen and oxygen atoms in total. The zero-order valence-corrected chi connectivity index (χ0v) is 10.5. The van der Waals surface area contributed by atoms with E-state index in [0.29, 0.717) is 19.0 Å². The van der Waals surface area contributed by atoms with Crippen LogP contribution in [0, 0.1) is 0 Å². The van der Waals surface area contributed by atoms with Gasteiger partial charge >= 0.3 is 0 Å². The van der Waals surface area contributed by atoms with Crippen molar-refractivity contribution < 1.29 is 4.74 Å². The molecule has 2 N–H and O–H groups in total. The van der Waals surface area contributed by atoms with Gasteiger partial charge in [0.15, 0.2) is 0 Å². The van der Waals surface area contributed by atoms with E-state index >= 15 is 0 Å². The molecule has 1 aromatic heterocycles. The third kappa shape index (κ3) is 3.18. The number of ether oxygens (including phenoxy) is 1. The number of hydrogen-bond acceptors (Lipinski definition) is 4. The third-order valence-corrected chi connectivity index (χ3v) is 2.84. The average molecular weight is 223 g/mol. The molecule has 1 aromatic rings. The Balaban J connectivity index is 2.67. The van der Waals surface area contributed by atoms with Crippen LogP contribution in [-0.2, 0) is 6.54 Å². The second-order valence-electron chi connectivity index (χ2n) is 4.67. The van der Waals surface area contributed by atoms with E-state index in [0.717, 1.165) is 5.56 Å². The van der Waals surface area contributed by atoms with Crippen molar-refractivity contribution in [2.75, 3.05) is 20.7 Å². The zero-order valence-electron chi connectivity index (χ0n) is 10.5. The van der Waals surface area contributed by atoms with Gasteiger partial charge in [-0.1, -0.05) is 6.07 Å². The van der Waals surface area contributed by atoms with Crippen molar-refractivity contribution in [3.8, 4) is 5.88 Å². The Morgan fingerprint density at radius 3 is 2.69 bits per heavy atom. The van der Waals surface area contributed by atoms with Crippen LogP contribution < -0.4 is 10.5 Å². The second kappa shape index (κ2) is 5.27. The number of nitrogens with two attached hydrogens (primary N) is 1. The first-order valence-corrected chi connectivity index (χ1v) is 5.41. The largest absolute Gasteiger partial charge is 0.475 e. The molecule has 0 saturated heterocycles. The van der Waals surface area contributed by atoms with Crippen LogP contribution in [0.15, 0.2) is 18.3 Å². The Bertz CT molecular complexity index is 337. The van der Waals surface area contributed by atoms with E-state index in [1.54, 1.807) is 6.20 Å². The number of rotatable bonds is 5. The van der Waals surface area contributed by atoms with Gasteiger partial charge in [-0.3, -0.25) is 0 Å². The molecule has 16 heavy (non-hydrogen) atoms. The van der Waals surface area contributed by atoms with Crippen molar-refractivity contribution in [3.63, 3.8) is 0 Å². The Morgan fingerprint density at radius 2 is 2.12 bits per heavy atom. The summed E-state index contributed by atoms with van der Waals surface area (Å²) < 4.78 is 5.72. The van der Waals surface area contributed by atoms with Gasteiger partial charge in [-0.25, -0.2) is 4.98 Å². The Labute approximate surface area is 97.4 Å². The molecule has 0 aliphatic heterocycles. The van der Waals surface area contributed by atoms with Crippen molar-refractivity contribution in [1.82, 2.24) is 9.88 Å². The molecule has 0 atom stereocenters. The predicted molar refractivity (Wildman–Crippen MR) is 65.4 cm³/mol. The maximum absolute atomic E-state index is 5.72. The van der Waals surface area contributed by atoms with Crippen LogP contribution >= 0.6 is 0 Å². The monoisotopic (exact) mass is 223 g/mol. The Morgan fingerprint density at radius 1 is 1.44 bits per heavy atom.